The summed E-state index contributed by atoms with van der Waals surface area (Å²) in [5.74, 6) is -0.436. The van der Waals surface area contributed by atoms with E-state index in [9.17, 15) is 9.59 Å². The molecule has 2 aromatic carbocycles. The monoisotopic (exact) mass is 417 g/mol. The number of benzene rings is 2. The predicted octanol–water partition coefficient (Wildman–Crippen LogP) is 5.08. The molecule has 3 rings (SSSR count). The Labute approximate surface area is 184 Å². The quantitative estimate of drug-likeness (QED) is 0.494. The molecule has 0 aliphatic heterocycles. The van der Waals surface area contributed by atoms with Gasteiger partial charge < -0.3 is 14.8 Å². The Kier molecular flexibility index (Phi) is 7.65. The van der Waals surface area contributed by atoms with Crippen molar-refractivity contribution in [3.05, 3.63) is 77.6 Å². The number of para-hydroxylation sites is 1. The van der Waals surface area contributed by atoms with Crippen LogP contribution in [-0.4, -0.2) is 34.4 Å². The molecule has 0 bridgehead atoms. The zero-order valence-electron chi connectivity index (χ0n) is 18.6. The number of hydrogen-bond donors (Lipinski definition) is 1. The maximum absolute atomic E-state index is 13.4. The van der Waals surface area contributed by atoms with Gasteiger partial charge in [0.25, 0.3) is 11.8 Å². The summed E-state index contributed by atoms with van der Waals surface area (Å²) < 4.78 is 2.15. The second-order valence-electron chi connectivity index (χ2n) is 7.56. The number of fused-ring (bicyclic) bond motifs is 1. The van der Waals surface area contributed by atoms with Gasteiger partial charge in [-0.15, -0.1) is 0 Å². The maximum atomic E-state index is 13.4. The van der Waals surface area contributed by atoms with Crippen molar-refractivity contribution in [2.24, 2.45) is 0 Å². The molecular weight excluding hydrogens is 386 g/mol. The van der Waals surface area contributed by atoms with E-state index in [-0.39, 0.29) is 11.8 Å². The molecule has 0 saturated carbocycles. The average Bonchev–Trinajstić information content (AvgIpc) is 3.16. The number of aryl methyl sites for hydroxylation is 1. The van der Waals surface area contributed by atoms with Crippen molar-refractivity contribution < 1.29 is 9.59 Å². The second kappa shape index (κ2) is 10.6. The minimum absolute atomic E-state index is 0.152. The van der Waals surface area contributed by atoms with Crippen molar-refractivity contribution in [3.8, 4) is 0 Å². The van der Waals surface area contributed by atoms with Crippen LogP contribution in [0.25, 0.3) is 17.0 Å². The van der Waals surface area contributed by atoms with Gasteiger partial charge in [-0.05, 0) is 44.0 Å². The van der Waals surface area contributed by atoms with Gasteiger partial charge in [-0.1, -0.05) is 50.2 Å². The number of nitrogens with one attached hydrogen (secondary N) is 1. The first-order chi connectivity index (χ1) is 15.1. The number of aromatic nitrogens is 1. The zero-order chi connectivity index (χ0) is 22.2. The standard InChI is InChI=1S/C26H31N3O2/c1-4-16-29(17-5-2)26(31)23(27-25(30)20-12-8-7-9-13-20)18-21-19-28(6-3)24-15-11-10-14-22(21)24/h7-15,18-19H,4-6,16-17H2,1-3H3,(H,27,30)/b23-18-. The summed E-state index contributed by atoms with van der Waals surface area (Å²) >= 11 is 0. The van der Waals surface area contributed by atoms with E-state index in [1.165, 1.54) is 0 Å². The number of carbonyl (C=O) groups is 2. The Morgan fingerprint density at radius 2 is 1.58 bits per heavy atom. The Morgan fingerprint density at radius 1 is 0.935 bits per heavy atom. The molecule has 162 valence electrons. The predicted molar refractivity (Wildman–Crippen MR) is 127 cm³/mol. The van der Waals surface area contributed by atoms with Crippen molar-refractivity contribution in [2.75, 3.05) is 13.1 Å². The van der Waals surface area contributed by atoms with Crippen molar-refractivity contribution in [1.82, 2.24) is 14.8 Å². The zero-order valence-corrected chi connectivity index (χ0v) is 18.6. The van der Waals surface area contributed by atoms with Gasteiger partial charge in [0.2, 0.25) is 0 Å². The number of rotatable bonds is 9. The SMILES string of the molecule is CCCN(CCC)C(=O)/C(=C/c1cn(CC)c2ccccc12)NC(=O)c1ccccc1. The van der Waals surface area contributed by atoms with Gasteiger partial charge in [0.15, 0.2) is 0 Å². The Hall–Kier alpha value is -3.34. The summed E-state index contributed by atoms with van der Waals surface area (Å²) in [6, 6.07) is 17.1. The summed E-state index contributed by atoms with van der Waals surface area (Å²) in [6.45, 7) is 8.33. The minimum Gasteiger partial charge on any atom is -0.347 e. The molecule has 3 aromatic rings. The van der Waals surface area contributed by atoms with Gasteiger partial charge in [0, 0.05) is 47.9 Å². The topological polar surface area (TPSA) is 54.3 Å². The first-order valence-corrected chi connectivity index (χ1v) is 11.0. The molecule has 0 atom stereocenters. The summed E-state index contributed by atoms with van der Waals surface area (Å²) in [5, 5.41) is 3.95. The van der Waals surface area contributed by atoms with Crippen LogP contribution >= 0.6 is 0 Å². The van der Waals surface area contributed by atoms with E-state index in [1.54, 1.807) is 12.1 Å². The van der Waals surface area contributed by atoms with Gasteiger partial charge in [0.1, 0.15) is 5.70 Å². The lowest BCUT2D eigenvalue weighted by molar-refractivity contribution is -0.127. The Bertz CT molecular complexity index is 1060. The highest BCUT2D eigenvalue weighted by atomic mass is 16.2. The van der Waals surface area contributed by atoms with E-state index in [0.29, 0.717) is 24.4 Å². The summed E-state index contributed by atoms with van der Waals surface area (Å²) in [5.41, 5.74) is 2.85. The van der Waals surface area contributed by atoms with E-state index < -0.39 is 0 Å². The van der Waals surface area contributed by atoms with Crippen molar-refractivity contribution in [3.63, 3.8) is 0 Å². The molecule has 31 heavy (non-hydrogen) atoms. The fourth-order valence-corrected chi connectivity index (χ4v) is 3.77. The highest BCUT2D eigenvalue weighted by Gasteiger charge is 2.21. The van der Waals surface area contributed by atoms with Crippen LogP contribution < -0.4 is 5.32 Å². The van der Waals surface area contributed by atoms with Crippen LogP contribution in [0.1, 0.15) is 49.5 Å². The molecular formula is C26H31N3O2. The van der Waals surface area contributed by atoms with E-state index in [4.69, 9.17) is 0 Å². The van der Waals surface area contributed by atoms with Crippen LogP contribution in [0.5, 0.6) is 0 Å². The summed E-state index contributed by atoms with van der Waals surface area (Å²) in [6.07, 6.45) is 5.58. The lowest BCUT2D eigenvalue weighted by atomic mass is 10.1. The third-order valence-corrected chi connectivity index (χ3v) is 5.25. The maximum Gasteiger partial charge on any atom is 0.270 e. The second-order valence-corrected chi connectivity index (χ2v) is 7.56. The van der Waals surface area contributed by atoms with Crippen LogP contribution in [0.4, 0.5) is 0 Å². The fourth-order valence-electron chi connectivity index (χ4n) is 3.77. The molecule has 0 unspecified atom stereocenters. The molecule has 1 N–H and O–H groups in total. The lowest BCUT2D eigenvalue weighted by Gasteiger charge is -2.23. The van der Waals surface area contributed by atoms with E-state index in [1.807, 2.05) is 53.6 Å². The highest BCUT2D eigenvalue weighted by molar-refractivity contribution is 6.06. The number of hydrogen-bond acceptors (Lipinski definition) is 2. The molecule has 0 fully saturated rings. The lowest BCUT2D eigenvalue weighted by Crippen LogP contribution is -2.39. The minimum atomic E-state index is -0.285. The van der Waals surface area contributed by atoms with Crippen LogP contribution in [0.3, 0.4) is 0 Å². The molecule has 1 aromatic heterocycles. The molecule has 0 aliphatic rings. The van der Waals surface area contributed by atoms with Crippen LogP contribution in [0.15, 0.2) is 66.5 Å². The average molecular weight is 418 g/mol. The van der Waals surface area contributed by atoms with Crippen LogP contribution in [0, 0.1) is 0 Å². The van der Waals surface area contributed by atoms with E-state index in [0.717, 1.165) is 35.9 Å². The third kappa shape index (κ3) is 5.23. The Morgan fingerprint density at radius 3 is 2.23 bits per heavy atom. The molecule has 0 aliphatic carbocycles. The van der Waals surface area contributed by atoms with Crippen molar-refractivity contribution in [1.29, 1.82) is 0 Å². The molecule has 5 nitrogen and oxygen atoms in total. The third-order valence-electron chi connectivity index (χ3n) is 5.25. The number of nitrogens with zero attached hydrogens (tertiary/aromatic N) is 2. The van der Waals surface area contributed by atoms with E-state index >= 15 is 0 Å². The number of amides is 2. The van der Waals surface area contributed by atoms with Crippen molar-refractivity contribution >= 4 is 28.8 Å². The first-order valence-electron chi connectivity index (χ1n) is 11.0. The van der Waals surface area contributed by atoms with Gasteiger partial charge >= 0.3 is 0 Å². The smallest absolute Gasteiger partial charge is 0.270 e. The molecule has 1 heterocycles. The Balaban J connectivity index is 2.05. The molecule has 0 radical (unpaired) electrons. The van der Waals surface area contributed by atoms with Crippen molar-refractivity contribution in [2.45, 2.75) is 40.2 Å². The summed E-state index contributed by atoms with van der Waals surface area (Å²) in [7, 11) is 0. The molecule has 0 spiro atoms. The van der Waals surface area contributed by atoms with E-state index in [2.05, 4.69) is 36.7 Å². The van der Waals surface area contributed by atoms with Crippen LogP contribution in [0.2, 0.25) is 0 Å². The number of carbonyl (C=O) groups excluding carboxylic acids is 2. The molecule has 5 heteroatoms. The van der Waals surface area contributed by atoms with Gasteiger partial charge in [-0.2, -0.15) is 0 Å². The fraction of sp³-hybridized carbons (Fsp3) is 0.308. The first kappa shape index (κ1) is 22.3. The largest absolute Gasteiger partial charge is 0.347 e. The van der Waals surface area contributed by atoms with Gasteiger partial charge in [-0.3, -0.25) is 9.59 Å². The normalized spacial score (nSPS) is 11.5. The highest BCUT2D eigenvalue weighted by Crippen LogP contribution is 2.24. The van der Waals surface area contributed by atoms with Gasteiger partial charge in [0.05, 0.1) is 0 Å². The summed E-state index contributed by atoms with van der Waals surface area (Å²) in [4.78, 5) is 28.1. The van der Waals surface area contributed by atoms with Crippen LogP contribution in [-0.2, 0) is 11.3 Å². The molecule has 2 amide bonds. The van der Waals surface area contributed by atoms with Gasteiger partial charge in [-0.25, -0.2) is 0 Å². The molecule has 0 saturated heterocycles.